The maximum atomic E-state index is 13.9. The van der Waals surface area contributed by atoms with Crippen molar-refractivity contribution in [2.24, 2.45) is 5.41 Å². The van der Waals surface area contributed by atoms with Crippen LogP contribution in [0.2, 0.25) is 0 Å². The molecule has 0 spiro atoms. The SMILES string of the molecule is Cc1cc(C)cc(NC(=O)N2c3ccccc3NC3=C(C(=O)CC(C)(C)C3)[C@H]2c2ccco2)c1. The summed E-state index contributed by atoms with van der Waals surface area (Å²) in [6.07, 6.45) is 2.69. The Bertz CT molecular complexity index is 1280. The van der Waals surface area contributed by atoms with Crippen LogP contribution in [0.5, 0.6) is 0 Å². The molecule has 1 atom stereocenters. The van der Waals surface area contributed by atoms with Crippen molar-refractivity contribution in [2.45, 2.75) is 46.6 Å². The average Bonchev–Trinajstić information content (AvgIpc) is 3.21. The molecule has 1 aliphatic heterocycles. The van der Waals surface area contributed by atoms with Crippen LogP contribution in [0.25, 0.3) is 0 Å². The molecule has 34 heavy (non-hydrogen) atoms. The first-order valence-electron chi connectivity index (χ1n) is 11.6. The van der Waals surface area contributed by atoms with Gasteiger partial charge in [0.2, 0.25) is 0 Å². The number of allylic oxidation sites excluding steroid dienone is 1. The minimum absolute atomic E-state index is 0.0251. The second kappa shape index (κ2) is 8.20. The van der Waals surface area contributed by atoms with Crippen molar-refractivity contribution in [1.82, 2.24) is 0 Å². The second-order valence-electron chi connectivity index (χ2n) is 10.1. The molecule has 1 aliphatic carbocycles. The number of carbonyl (C=O) groups is 2. The molecule has 0 radical (unpaired) electrons. The summed E-state index contributed by atoms with van der Waals surface area (Å²) in [7, 11) is 0. The molecule has 1 aromatic heterocycles. The van der Waals surface area contributed by atoms with Gasteiger partial charge in [-0.3, -0.25) is 9.69 Å². The highest BCUT2D eigenvalue weighted by molar-refractivity contribution is 6.09. The molecular formula is C28H29N3O3. The number of urea groups is 1. The molecule has 174 valence electrons. The fraction of sp³-hybridized carbons (Fsp3) is 0.286. The number of nitrogens with zero attached hydrogens (tertiary/aromatic N) is 1. The molecule has 2 aliphatic rings. The predicted octanol–water partition coefficient (Wildman–Crippen LogP) is 6.74. The Labute approximate surface area is 199 Å². The van der Waals surface area contributed by atoms with Crippen LogP contribution in [0.3, 0.4) is 0 Å². The minimum atomic E-state index is -0.685. The minimum Gasteiger partial charge on any atom is -0.467 e. The lowest BCUT2D eigenvalue weighted by molar-refractivity contribution is -0.118. The summed E-state index contributed by atoms with van der Waals surface area (Å²) in [5.41, 5.74) is 5.55. The molecule has 0 fully saturated rings. The Balaban J connectivity index is 1.68. The summed E-state index contributed by atoms with van der Waals surface area (Å²) in [4.78, 5) is 29.2. The van der Waals surface area contributed by atoms with E-state index in [-0.39, 0.29) is 17.2 Å². The van der Waals surface area contributed by atoms with Crippen LogP contribution in [0.1, 0.15) is 49.6 Å². The molecule has 0 bridgehead atoms. The van der Waals surface area contributed by atoms with Crippen molar-refractivity contribution in [1.29, 1.82) is 0 Å². The number of anilines is 3. The Morgan fingerprint density at radius 2 is 1.79 bits per heavy atom. The zero-order valence-electron chi connectivity index (χ0n) is 19.9. The fourth-order valence-corrected chi connectivity index (χ4v) is 5.16. The van der Waals surface area contributed by atoms with Crippen LogP contribution in [-0.4, -0.2) is 11.8 Å². The summed E-state index contributed by atoms with van der Waals surface area (Å²) in [5, 5.41) is 6.57. The number of Topliss-reactive ketones (excluding diaryl/α,β-unsaturated/α-hetero) is 1. The topological polar surface area (TPSA) is 74.6 Å². The van der Waals surface area contributed by atoms with Crippen LogP contribution in [0, 0.1) is 19.3 Å². The summed E-state index contributed by atoms with van der Waals surface area (Å²) in [6.45, 7) is 8.19. The van der Waals surface area contributed by atoms with E-state index in [1.54, 1.807) is 17.2 Å². The van der Waals surface area contributed by atoms with Gasteiger partial charge in [-0.2, -0.15) is 0 Å². The van der Waals surface area contributed by atoms with E-state index < -0.39 is 6.04 Å². The monoisotopic (exact) mass is 455 g/mol. The van der Waals surface area contributed by atoms with E-state index in [0.29, 0.717) is 35.5 Å². The van der Waals surface area contributed by atoms with E-state index in [1.807, 2.05) is 56.3 Å². The maximum absolute atomic E-state index is 13.9. The Hall–Kier alpha value is -3.80. The van der Waals surface area contributed by atoms with Gasteiger partial charge in [0.25, 0.3) is 0 Å². The summed E-state index contributed by atoms with van der Waals surface area (Å²) in [6, 6.07) is 16.2. The number of para-hydroxylation sites is 2. The number of amides is 2. The highest BCUT2D eigenvalue weighted by atomic mass is 16.3. The smallest absolute Gasteiger partial charge is 0.327 e. The van der Waals surface area contributed by atoms with E-state index in [9.17, 15) is 9.59 Å². The molecule has 2 heterocycles. The Morgan fingerprint density at radius 3 is 2.50 bits per heavy atom. The van der Waals surface area contributed by atoms with Crippen LogP contribution >= 0.6 is 0 Å². The van der Waals surface area contributed by atoms with Crippen molar-refractivity contribution >= 4 is 28.9 Å². The van der Waals surface area contributed by atoms with Gasteiger partial charge in [-0.1, -0.05) is 32.0 Å². The molecule has 6 nitrogen and oxygen atoms in total. The second-order valence-corrected chi connectivity index (χ2v) is 10.1. The zero-order valence-corrected chi connectivity index (χ0v) is 19.9. The third-order valence-corrected chi connectivity index (χ3v) is 6.41. The third-order valence-electron chi connectivity index (χ3n) is 6.41. The van der Waals surface area contributed by atoms with E-state index in [1.165, 1.54) is 0 Å². The van der Waals surface area contributed by atoms with Gasteiger partial charge in [0.05, 0.1) is 17.6 Å². The molecular weight excluding hydrogens is 426 g/mol. The number of rotatable bonds is 2. The lowest BCUT2D eigenvalue weighted by atomic mass is 9.74. The van der Waals surface area contributed by atoms with Gasteiger partial charge < -0.3 is 15.1 Å². The zero-order chi connectivity index (χ0) is 24.0. The predicted molar refractivity (Wildman–Crippen MR) is 134 cm³/mol. The summed E-state index contributed by atoms with van der Waals surface area (Å²) in [5.74, 6) is 0.576. The molecule has 2 amide bonds. The lowest BCUT2D eigenvalue weighted by Crippen LogP contribution is -2.41. The first kappa shape index (κ1) is 22.0. The average molecular weight is 456 g/mol. The van der Waals surface area contributed by atoms with Crippen molar-refractivity contribution in [3.05, 3.63) is 89.0 Å². The van der Waals surface area contributed by atoms with Crippen molar-refractivity contribution in [2.75, 3.05) is 15.5 Å². The quantitative estimate of drug-likeness (QED) is 0.448. The maximum Gasteiger partial charge on any atom is 0.327 e. The first-order valence-corrected chi connectivity index (χ1v) is 11.6. The van der Waals surface area contributed by atoms with Gasteiger partial charge in [0, 0.05) is 23.4 Å². The van der Waals surface area contributed by atoms with Crippen molar-refractivity contribution in [3.8, 4) is 0 Å². The number of hydrogen-bond donors (Lipinski definition) is 2. The number of benzene rings is 2. The van der Waals surface area contributed by atoms with Crippen LogP contribution in [0.4, 0.5) is 21.9 Å². The van der Waals surface area contributed by atoms with Gasteiger partial charge in [0.15, 0.2) is 5.78 Å². The fourth-order valence-electron chi connectivity index (χ4n) is 5.16. The molecule has 3 aromatic rings. The largest absolute Gasteiger partial charge is 0.467 e. The van der Waals surface area contributed by atoms with E-state index in [2.05, 4.69) is 30.5 Å². The summed E-state index contributed by atoms with van der Waals surface area (Å²) >= 11 is 0. The molecule has 2 N–H and O–H groups in total. The van der Waals surface area contributed by atoms with Crippen LogP contribution < -0.4 is 15.5 Å². The van der Waals surface area contributed by atoms with Crippen LogP contribution in [0.15, 0.2) is 76.5 Å². The molecule has 5 rings (SSSR count). The summed E-state index contributed by atoms with van der Waals surface area (Å²) < 4.78 is 5.83. The van der Waals surface area contributed by atoms with E-state index >= 15 is 0 Å². The van der Waals surface area contributed by atoms with E-state index in [4.69, 9.17) is 4.42 Å². The van der Waals surface area contributed by atoms with E-state index in [0.717, 1.165) is 22.5 Å². The van der Waals surface area contributed by atoms with Gasteiger partial charge >= 0.3 is 6.03 Å². The Kier molecular flexibility index (Phi) is 5.31. The number of furan rings is 1. The molecule has 0 unspecified atom stereocenters. The molecule has 2 aromatic carbocycles. The normalized spacial score (nSPS) is 19.1. The van der Waals surface area contributed by atoms with Crippen LogP contribution in [-0.2, 0) is 4.79 Å². The number of carbonyl (C=O) groups excluding carboxylic acids is 2. The molecule has 0 saturated carbocycles. The number of nitrogens with one attached hydrogen (secondary N) is 2. The Morgan fingerprint density at radius 1 is 1.06 bits per heavy atom. The lowest BCUT2D eigenvalue weighted by Gasteiger charge is -2.36. The number of fused-ring (bicyclic) bond motifs is 1. The number of hydrogen-bond acceptors (Lipinski definition) is 4. The van der Waals surface area contributed by atoms with Gasteiger partial charge in [-0.15, -0.1) is 0 Å². The number of aryl methyl sites for hydroxylation is 2. The highest BCUT2D eigenvalue weighted by Crippen LogP contribution is 2.48. The van der Waals surface area contributed by atoms with Gasteiger partial charge in [0.1, 0.15) is 11.8 Å². The molecule has 6 heteroatoms. The highest BCUT2D eigenvalue weighted by Gasteiger charge is 2.44. The van der Waals surface area contributed by atoms with Gasteiger partial charge in [-0.05, 0) is 73.2 Å². The standard InChI is InChI=1S/C28H29N3O3/c1-17-12-18(2)14-19(13-17)29-27(33)31-22-9-6-5-8-20(22)30-21-15-28(3,4)16-23(32)25(21)26(31)24-10-7-11-34-24/h5-14,26,30H,15-16H2,1-4H3,(H,29,33)/t26-/m1/s1. The first-order chi connectivity index (χ1) is 16.2. The third kappa shape index (κ3) is 4.00. The van der Waals surface area contributed by atoms with Crippen molar-refractivity contribution in [3.63, 3.8) is 0 Å². The van der Waals surface area contributed by atoms with Crippen molar-refractivity contribution < 1.29 is 14.0 Å². The van der Waals surface area contributed by atoms with Gasteiger partial charge in [-0.25, -0.2) is 4.79 Å². The molecule has 0 saturated heterocycles. The number of ketones is 1.